The highest BCUT2D eigenvalue weighted by Gasteiger charge is 2.12. The fraction of sp³-hybridized carbons (Fsp3) is 0.222. The second kappa shape index (κ2) is 12.4. The molecule has 10 nitrogen and oxygen atoms in total. The van der Waals surface area contributed by atoms with Gasteiger partial charge in [0.2, 0.25) is 0 Å². The molecule has 0 fully saturated rings. The maximum absolute atomic E-state index is 4.90. The van der Waals surface area contributed by atoms with Crippen LogP contribution in [-0.2, 0) is 25.7 Å². The van der Waals surface area contributed by atoms with Crippen molar-refractivity contribution in [1.29, 1.82) is 0 Å². The largest absolute Gasteiger partial charge is 0.256 e. The molecule has 0 amide bonds. The van der Waals surface area contributed by atoms with Gasteiger partial charge in [0, 0.05) is 52.1 Å². The second-order valence-corrected chi connectivity index (χ2v) is 13.8. The first-order valence-electron chi connectivity index (χ1n) is 15.9. The van der Waals surface area contributed by atoms with Crippen LogP contribution in [0.1, 0.15) is 45.8 Å². The Hall–Kier alpha value is -5.20. The van der Waals surface area contributed by atoms with Crippen LogP contribution in [0.4, 0.5) is 0 Å². The Morgan fingerprint density at radius 1 is 0.604 bits per heavy atom. The number of hydrogen-bond acceptors (Lipinski definition) is 10. The highest BCUT2D eigenvalue weighted by Crippen LogP contribution is 2.32. The molecule has 1 aromatic carbocycles. The molecule has 0 aliphatic rings. The van der Waals surface area contributed by atoms with Crippen LogP contribution in [-0.4, -0.2) is 49.1 Å². The minimum atomic E-state index is 0.765. The Kier molecular flexibility index (Phi) is 7.81. The van der Waals surface area contributed by atoms with Crippen molar-refractivity contribution in [3.05, 3.63) is 118 Å². The number of fused-ring (bicyclic) bond motifs is 6. The van der Waals surface area contributed by atoms with Crippen molar-refractivity contribution in [2.45, 2.75) is 53.4 Å². The monoisotopic (exact) mass is 668 g/mol. The molecule has 0 unspecified atom stereocenters. The standard InChI is InChI=1S/C20H17N5S.C16H15N5S/c1-12-11-21-13(2)20-23-18(24-25(12)20)10-8-14-7-9-17-19(22-14)15-5-3-4-6-16(15)26-17;1-10-9-17-11(2)15-19-14(20-21(10)15)6-5-13-4-3-12-7-8-22-16(12)18-13/h3-7,9,11H,8,10H2,1-2H3;3-4,7-9H,5-6H2,1-2H3. The van der Waals surface area contributed by atoms with E-state index < -0.39 is 0 Å². The topological polar surface area (TPSA) is 112 Å². The third kappa shape index (κ3) is 5.77. The van der Waals surface area contributed by atoms with E-state index in [1.165, 1.54) is 20.2 Å². The van der Waals surface area contributed by atoms with E-state index in [0.717, 1.165) is 93.1 Å². The molecule has 12 heteroatoms. The van der Waals surface area contributed by atoms with Gasteiger partial charge in [0.15, 0.2) is 22.9 Å². The van der Waals surface area contributed by atoms with Crippen molar-refractivity contribution in [2.24, 2.45) is 0 Å². The lowest BCUT2D eigenvalue weighted by Crippen LogP contribution is -1.98. The minimum absolute atomic E-state index is 0.765. The molecule has 0 aliphatic heterocycles. The summed E-state index contributed by atoms with van der Waals surface area (Å²) in [7, 11) is 0. The zero-order chi connectivity index (χ0) is 32.8. The highest BCUT2D eigenvalue weighted by molar-refractivity contribution is 7.25. The number of hydrogen-bond donors (Lipinski definition) is 0. The van der Waals surface area contributed by atoms with Crippen LogP contribution >= 0.6 is 22.7 Å². The molecule has 0 N–H and O–H groups in total. The van der Waals surface area contributed by atoms with Gasteiger partial charge in [0.05, 0.1) is 33.0 Å². The van der Waals surface area contributed by atoms with E-state index in [9.17, 15) is 0 Å². The van der Waals surface area contributed by atoms with Crippen molar-refractivity contribution in [1.82, 2.24) is 49.1 Å². The van der Waals surface area contributed by atoms with E-state index >= 15 is 0 Å². The molecule has 0 saturated carbocycles. The molecular formula is C36H32N10S2. The van der Waals surface area contributed by atoms with E-state index in [-0.39, 0.29) is 0 Å². The second-order valence-electron chi connectivity index (χ2n) is 11.9. The molecule has 48 heavy (non-hydrogen) atoms. The zero-order valence-corrected chi connectivity index (χ0v) is 28.7. The fourth-order valence-corrected chi connectivity index (χ4v) is 7.59. The van der Waals surface area contributed by atoms with Gasteiger partial charge in [-0.2, -0.15) is 10.2 Å². The first-order valence-corrected chi connectivity index (χ1v) is 17.6. The van der Waals surface area contributed by atoms with Crippen LogP contribution < -0.4 is 0 Å². The molecule has 0 spiro atoms. The maximum Gasteiger partial charge on any atom is 0.177 e. The van der Waals surface area contributed by atoms with Crippen LogP contribution in [0.5, 0.6) is 0 Å². The summed E-state index contributed by atoms with van der Waals surface area (Å²) in [6.45, 7) is 7.91. The number of rotatable bonds is 6. The third-order valence-corrected chi connectivity index (χ3v) is 10.3. The van der Waals surface area contributed by atoms with Crippen molar-refractivity contribution in [3.63, 3.8) is 0 Å². The molecule has 0 saturated heterocycles. The average molecular weight is 669 g/mol. The van der Waals surface area contributed by atoms with E-state index in [2.05, 4.69) is 95.1 Å². The lowest BCUT2D eigenvalue weighted by Gasteiger charge is -1.99. The zero-order valence-electron chi connectivity index (χ0n) is 27.0. The molecular weight excluding hydrogens is 637 g/mol. The van der Waals surface area contributed by atoms with Gasteiger partial charge in [-0.15, -0.1) is 22.7 Å². The molecule has 0 radical (unpaired) electrons. The number of nitrogens with zero attached hydrogens (tertiary/aromatic N) is 10. The first kappa shape index (κ1) is 30.2. The Labute approximate surface area is 284 Å². The predicted molar refractivity (Wildman–Crippen MR) is 192 cm³/mol. The summed E-state index contributed by atoms with van der Waals surface area (Å²) >= 11 is 3.47. The van der Waals surface area contributed by atoms with Crippen molar-refractivity contribution in [3.8, 4) is 0 Å². The van der Waals surface area contributed by atoms with Crippen molar-refractivity contribution < 1.29 is 0 Å². The van der Waals surface area contributed by atoms with Gasteiger partial charge in [-0.05, 0) is 76.2 Å². The Bertz CT molecular complexity index is 2520. The first-order chi connectivity index (χ1) is 23.4. The minimum Gasteiger partial charge on any atom is -0.256 e. The maximum atomic E-state index is 4.90. The SMILES string of the molecule is Cc1ncc(C)n2nc(CCc3ccc4ccsc4n3)nc12.Cc1ncc(C)n2nc(CCc3ccc4sc5ccccc5c4n3)nc12. The summed E-state index contributed by atoms with van der Waals surface area (Å²) in [6, 6.07) is 19.1. The van der Waals surface area contributed by atoms with Gasteiger partial charge in [-0.3, -0.25) is 15.0 Å². The van der Waals surface area contributed by atoms with Gasteiger partial charge in [-0.25, -0.2) is 24.0 Å². The summed E-state index contributed by atoms with van der Waals surface area (Å²) < 4.78 is 6.26. The quantitative estimate of drug-likeness (QED) is 0.180. The lowest BCUT2D eigenvalue weighted by molar-refractivity contribution is 0.808. The van der Waals surface area contributed by atoms with Gasteiger partial charge in [-0.1, -0.05) is 24.3 Å². The van der Waals surface area contributed by atoms with Gasteiger partial charge < -0.3 is 0 Å². The summed E-state index contributed by atoms with van der Waals surface area (Å²) in [5.74, 6) is 1.67. The number of benzene rings is 1. The van der Waals surface area contributed by atoms with E-state index in [0.29, 0.717) is 0 Å². The Balaban J connectivity index is 0.000000142. The van der Waals surface area contributed by atoms with Crippen LogP contribution in [0.2, 0.25) is 0 Å². The van der Waals surface area contributed by atoms with Crippen LogP contribution in [0.3, 0.4) is 0 Å². The molecule has 0 aliphatic carbocycles. The fourth-order valence-electron chi connectivity index (χ4n) is 5.76. The van der Waals surface area contributed by atoms with E-state index in [1.807, 2.05) is 49.1 Å². The molecule has 238 valence electrons. The van der Waals surface area contributed by atoms with Crippen molar-refractivity contribution in [2.75, 3.05) is 0 Å². The summed E-state index contributed by atoms with van der Waals surface area (Å²) in [5.41, 5.74) is 8.74. The van der Waals surface area contributed by atoms with E-state index in [4.69, 9.17) is 4.98 Å². The molecule has 9 aromatic rings. The summed E-state index contributed by atoms with van der Waals surface area (Å²) in [5, 5.41) is 13.7. The van der Waals surface area contributed by atoms with Crippen LogP contribution in [0.25, 0.3) is 41.8 Å². The average Bonchev–Trinajstić information content (AvgIpc) is 3.91. The lowest BCUT2D eigenvalue weighted by atomic mass is 10.2. The van der Waals surface area contributed by atoms with Gasteiger partial charge in [0.1, 0.15) is 4.83 Å². The number of aryl methyl sites for hydroxylation is 8. The van der Waals surface area contributed by atoms with Crippen LogP contribution in [0.15, 0.2) is 72.4 Å². The third-order valence-electron chi connectivity index (χ3n) is 8.37. The molecule has 9 rings (SSSR count). The predicted octanol–water partition coefficient (Wildman–Crippen LogP) is 7.43. The molecule has 0 atom stereocenters. The van der Waals surface area contributed by atoms with Gasteiger partial charge in [0.25, 0.3) is 0 Å². The molecule has 0 bridgehead atoms. The van der Waals surface area contributed by atoms with Gasteiger partial charge >= 0.3 is 0 Å². The normalized spacial score (nSPS) is 11.7. The summed E-state index contributed by atoms with van der Waals surface area (Å²) in [4.78, 5) is 28.6. The number of pyridine rings is 2. The molecule has 8 aromatic heterocycles. The highest BCUT2D eigenvalue weighted by atomic mass is 32.1. The number of thiophene rings is 2. The van der Waals surface area contributed by atoms with Crippen molar-refractivity contribution >= 4 is 64.5 Å². The number of aromatic nitrogens is 10. The Morgan fingerprint density at radius 2 is 1.23 bits per heavy atom. The molecule has 8 heterocycles. The Morgan fingerprint density at radius 3 is 1.90 bits per heavy atom. The van der Waals surface area contributed by atoms with E-state index in [1.54, 1.807) is 22.7 Å². The summed E-state index contributed by atoms with van der Waals surface area (Å²) in [6.07, 6.45) is 6.87. The van der Waals surface area contributed by atoms with Crippen LogP contribution in [0, 0.1) is 27.7 Å². The smallest absolute Gasteiger partial charge is 0.177 e.